The second-order valence-electron chi connectivity index (χ2n) is 9.13. The first-order valence-electron chi connectivity index (χ1n) is 10.6. The smallest absolute Gasteiger partial charge is 0.410 e. The fourth-order valence-electron chi connectivity index (χ4n) is 3.73. The van der Waals surface area contributed by atoms with Crippen molar-refractivity contribution in [3.8, 4) is 0 Å². The SMILES string of the molecule is Cc1ccccc1CCNC(=O)CN1CCCC(CN(C)C(=O)OC(C)(C)C)C1. The summed E-state index contributed by atoms with van der Waals surface area (Å²) in [5, 5.41) is 3.04. The van der Waals surface area contributed by atoms with E-state index in [4.69, 9.17) is 4.74 Å². The Morgan fingerprint density at radius 2 is 2.00 bits per heavy atom. The van der Waals surface area contributed by atoms with Gasteiger partial charge in [0.15, 0.2) is 0 Å². The van der Waals surface area contributed by atoms with Crippen LogP contribution in [-0.2, 0) is 16.0 Å². The van der Waals surface area contributed by atoms with Crippen LogP contribution in [0, 0.1) is 12.8 Å². The topological polar surface area (TPSA) is 61.9 Å². The minimum Gasteiger partial charge on any atom is -0.444 e. The van der Waals surface area contributed by atoms with E-state index < -0.39 is 5.60 Å². The minimum atomic E-state index is -0.486. The number of carbonyl (C=O) groups excluding carboxylic acids is 2. The van der Waals surface area contributed by atoms with Crippen LogP contribution in [0.15, 0.2) is 24.3 Å². The maximum atomic E-state index is 12.3. The van der Waals surface area contributed by atoms with E-state index in [1.807, 2.05) is 32.9 Å². The van der Waals surface area contributed by atoms with Crippen molar-refractivity contribution in [3.63, 3.8) is 0 Å². The number of benzene rings is 1. The first kappa shape index (κ1) is 23.2. The Labute approximate surface area is 175 Å². The third kappa shape index (κ3) is 8.44. The maximum absolute atomic E-state index is 12.3. The highest BCUT2D eigenvalue weighted by atomic mass is 16.6. The summed E-state index contributed by atoms with van der Waals surface area (Å²) >= 11 is 0. The average Bonchev–Trinajstić information content (AvgIpc) is 2.62. The minimum absolute atomic E-state index is 0.0692. The van der Waals surface area contributed by atoms with Crippen molar-refractivity contribution >= 4 is 12.0 Å². The lowest BCUT2D eigenvalue weighted by atomic mass is 9.97. The highest BCUT2D eigenvalue weighted by molar-refractivity contribution is 5.78. The molecule has 1 aromatic carbocycles. The Morgan fingerprint density at radius 3 is 2.69 bits per heavy atom. The average molecular weight is 404 g/mol. The van der Waals surface area contributed by atoms with Gasteiger partial charge in [-0.1, -0.05) is 24.3 Å². The molecule has 162 valence electrons. The third-order valence-corrected chi connectivity index (χ3v) is 5.19. The molecule has 6 heteroatoms. The van der Waals surface area contributed by atoms with Crippen molar-refractivity contribution in [1.29, 1.82) is 0 Å². The first-order valence-corrected chi connectivity index (χ1v) is 10.6. The molecule has 1 unspecified atom stereocenters. The van der Waals surface area contributed by atoms with Gasteiger partial charge in [0, 0.05) is 26.7 Å². The molecule has 1 N–H and O–H groups in total. The van der Waals surface area contributed by atoms with Gasteiger partial charge in [0.1, 0.15) is 5.60 Å². The molecule has 0 radical (unpaired) electrons. The van der Waals surface area contributed by atoms with E-state index in [-0.39, 0.29) is 12.0 Å². The Balaban J connectivity index is 1.72. The molecular weight excluding hydrogens is 366 g/mol. The van der Waals surface area contributed by atoms with Crippen molar-refractivity contribution in [1.82, 2.24) is 15.1 Å². The van der Waals surface area contributed by atoms with Gasteiger partial charge in [0.05, 0.1) is 6.54 Å². The number of nitrogens with one attached hydrogen (secondary N) is 1. The molecule has 0 aliphatic carbocycles. The highest BCUT2D eigenvalue weighted by Gasteiger charge is 2.26. The van der Waals surface area contributed by atoms with Gasteiger partial charge in [-0.3, -0.25) is 9.69 Å². The van der Waals surface area contributed by atoms with Gasteiger partial charge in [-0.05, 0) is 70.5 Å². The van der Waals surface area contributed by atoms with Gasteiger partial charge in [-0.15, -0.1) is 0 Å². The van der Waals surface area contributed by atoms with E-state index in [2.05, 4.69) is 29.3 Å². The second kappa shape index (κ2) is 10.6. The van der Waals surface area contributed by atoms with Crippen molar-refractivity contribution in [2.75, 3.05) is 39.8 Å². The number of ether oxygens (including phenoxy) is 1. The van der Waals surface area contributed by atoms with Crippen molar-refractivity contribution < 1.29 is 14.3 Å². The number of hydrogen-bond acceptors (Lipinski definition) is 4. The van der Waals surface area contributed by atoms with Gasteiger partial charge in [-0.25, -0.2) is 4.79 Å². The molecule has 0 aromatic heterocycles. The van der Waals surface area contributed by atoms with E-state index in [9.17, 15) is 9.59 Å². The molecule has 1 heterocycles. The van der Waals surface area contributed by atoms with Crippen LogP contribution < -0.4 is 5.32 Å². The molecule has 1 atom stereocenters. The van der Waals surface area contributed by atoms with Gasteiger partial charge >= 0.3 is 6.09 Å². The number of piperidine rings is 1. The highest BCUT2D eigenvalue weighted by Crippen LogP contribution is 2.18. The lowest BCUT2D eigenvalue weighted by Crippen LogP contribution is -2.46. The van der Waals surface area contributed by atoms with Crippen molar-refractivity contribution in [3.05, 3.63) is 35.4 Å². The molecule has 1 fully saturated rings. The summed E-state index contributed by atoms with van der Waals surface area (Å²) in [6, 6.07) is 8.27. The van der Waals surface area contributed by atoms with E-state index in [1.54, 1.807) is 11.9 Å². The summed E-state index contributed by atoms with van der Waals surface area (Å²) in [5.41, 5.74) is 2.05. The van der Waals surface area contributed by atoms with E-state index in [1.165, 1.54) is 11.1 Å². The molecule has 2 amide bonds. The monoisotopic (exact) mass is 403 g/mol. The fourth-order valence-corrected chi connectivity index (χ4v) is 3.73. The van der Waals surface area contributed by atoms with Crippen LogP contribution in [0.25, 0.3) is 0 Å². The Morgan fingerprint density at radius 1 is 1.28 bits per heavy atom. The molecule has 0 bridgehead atoms. The summed E-state index contributed by atoms with van der Waals surface area (Å²) in [6.45, 7) is 11.2. The Hall–Kier alpha value is -2.08. The molecule has 2 rings (SSSR count). The van der Waals surface area contributed by atoms with Crippen molar-refractivity contribution in [2.45, 2.75) is 52.6 Å². The van der Waals surface area contributed by atoms with E-state index in [0.29, 0.717) is 25.6 Å². The lowest BCUT2D eigenvalue weighted by Gasteiger charge is -2.34. The molecular formula is C23H37N3O3. The fraction of sp³-hybridized carbons (Fsp3) is 0.652. The van der Waals surface area contributed by atoms with Crippen LogP contribution in [0.3, 0.4) is 0 Å². The largest absolute Gasteiger partial charge is 0.444 e. The predicted octanol–water partition coefficient (Wildman–Crippen LogP) is 3.23. The molecule has 1 aromatic rings. The Kier molecular flexibility index (Phi) is 8.50. The van der Waals surface area contributed by atoms with E-state index >= 15 is 0 Å². The zero-order valence-corrected chi connectivity index (χ0v) is 18.7. The molecule has 29 heavy (non-hydrogen) atoms. The van der Waals surface area contributed by atoms with Crippen LogP contribution >= 0.6 is 0 Å². The third-order valence-electron chi connectivity index (χ3n) is 5.19. The summed E-state index contributed by atoms with van der Waals surface area (Å²) < 4.78 is 5.43. The second-order valence-corrected chi connectivity index (χ2v) is 9.13. The molecule has 1 aliphatic rings. The summed E-state index contributed by atoms with van der Waals surface area (Å²) in [5.74, 6) is 0.431. The van der Waals surface area contributed by atoms with Gasteiger partial charge < -0.3 is 15.0 Å². The van der Waals surface area contributed by atoms with Gasteiger partial charge in [0.2, 0.25) is 5.91 Å². The van der Waals surface area contributed by atoms with Gasteiger partial charge in [0.25, 0.3) is 0 Å². The van der Waals surface area contributed by atoms with Crippen LogP contribution in [0.4, 0.5) is 4.79 Å². The number of carbonyl (C=O) groups is 2. The molecule has 6 nitrogen and oxygen atoms in total. The van der Waals surface area contributed by atoms with Crippen molar-refractivity contribution in [2.24, 2.45) is 5.92 Å². The van der Waals surface area contributed by atoms with Crippen LogP contribution in [0.2, 0.25) is 0 Å². The molecule has 0 spiro atoms. The summed E-state index contributed by atoms with van der Waals surface area (Å²) in [6.07, 6.45) is 2.67. The molecule has 0 saturated carbocycles. The zero-order chi connectivity index (χ0) is 21.4. The van der Waals surface area contributed by atoms with E-state index in [0.717, 1.165) is 32.4 Å². The van der Waals surface area contributed by atoms with Crippen LogP contribution in [0.5, 0.6) is 0 Å². The number of nitrogens with zero attached hydrogens (tertiary/aromatic N) is 2. The number of rotatable bonds is 7. The summed E-state index contributed by atoms with van der Waals surface area (Å²) in [4.78, 5) is 28.4. The molecule has 1 aliphatic heterocycles. The number of hydrogen-bond donors (Lipinski definition) is 1. The van der Waals surface area contributed by atoms with Crippen LogP contribution in [0.1, 0.15) is 44.7 Å². The van der Waals surface area contributed by atoms with Crippen LogP contribution in [-0.4, -0.2) is 67.2 Å². The molecule has 1 saturated heterocycles. The number of aryl methyl sites for hydroxylation is 1. The number of likely N-dealkylation sites (tertiary alicyclic amines) is 1. The predicted molar refractivity (Wildman–Crippen MR) is 116 cm³/mol. The Bertz CT molecular complexity index is 684. The number of amides is 2. The quantitative estimate of drug-likeness (QED) is 0.759. The summed E-state index contributed by atoms with van der Waals surface area (Å²) in [7, 11) is 1.78. The lowest BCUT2D eigenvalue weighted by molar-refractivity contribution is -0.122. The standard InChI is InChI=1S/C23H37N3O3/c1-18-9-6-7-11-20(18)12-13-24-21(27)17-26-14-8-10-19(16-26)15-25(5)22(28)29-23(2,3)4/h6-7,9,11,19H,8,10,12-17H2,1-5H3,(H,24,27). The normalized spacial score (nSPS) is 17.6. The first-order chi connectivity index (χ1) is 13.6. The zero-order valence-electron chi connectivity index (χ0n) is 18.7. The maximum Gasteiger partial charge on any atom is 0.410 e. The van der Waals surface area contributed by atoms with Gasteiger partial charge in [-0.2, -0.15) is 0 Å².